The van der Waals surface area contributed by atoms with Crippen LogP contribution >= 0.6 is 11.6 Å². The summed E-state index contributed by atoms with van der Waals surface area (Å²) in [5.74, 6) is 0.253. The minimum Gasteiger partial charge on any atom is -0.383 e. The summed E-state index contributed by atoms with van der Waals surface area (Å²) in [6.07, 6.45) is 1.83. The maximum absolute atomic E-state index is 13.5. The molecule has 0 saturated heterocycles. The summed E-state index contributed by atoms with van der Waals surface area (Å²) in [5, 5.41) is 3.58. The number of halogens is 2. The fraction of sp³-hybridized carbons (Fsp3) is 0.357. The van der Waals surface area contributed by atoms with Crippen molar-refractivity contribution in [3.63, 3.8) is 0 Å². The van der Waals surface area contributed by atoms with E-state index in [1.165, 1.54) is 12.1 Å². The van der Waals surface area contributed by atoms with Gasteiger partial charge in [0.1, 0.15) is 5.82 Å². The summed E-state index contributed by atoms with van der Waals surface area (Å²) in [6, 6.07) is 4.47. The van der Waals surface area contributed by atoms with Gasteiger partial charge in [0, 0.05) is 24.4 Å². The Balaban J connectivity index is 2.36. The van der Waals surface area contributed by atoms with E-state index >= 15 is 0 Å². The zero-order valence-corrected chi connectivity index (χ0v) is 12.4. The van der Waals surface area contributed by atoms with Crippen LogP contribution < -0.4 is 5.32 Å². The number of nitrogens with zero attached hydrogens (tertiary/aromatic N) is 2. The molecule has 1 unspecified atom stereocenters. The highest BCUT2D eigenvalue weighted by Crippen LogP contribution is 2.22. The Labute approximate surface area is 122 Å². The van der Waals surface area contributed by atoms with E-state index in [0.29, 0.717) is 23.3 Å². The number of ether oxygens (including phenoxy) is 1. The van der Waals surface area contributed by atoms with Gasteiger partial charge in [0.2, 0.25) is 5.95 Å². The van der Waals surface area contributed by atoms with Gasteiger partial charge < -0.3 is 10.1 Å². The molecular weight excluding hydrogens is 281 g/mol. The summed E-state index contributed by atoms with van der Waals surface area (Å²) in [6.45, 7) is 4.41. The Bertz CT molecular complexity index is 580. The van der Waals surface area contributed by atoms with Crippen LogP contribution in [0.25, 0.3) is 5.69 Å². The van der Waals surface area contributed by atoms with E-state index in [4.69, 9.17) is 16.3 Å². The molecule has 0 amide bonds. The first-order valence-corrected chi connectivity index (χ1v) is 6.65. The molecule has 0 aliphatic rings. The summed E-state index contributed by atoms with van der Waals surface area (Å²) in [5.41, 5.74) is 1.46. The first-order valence-electron chi connectivity index (χ1n) is 6.27. The molecule has 0 fully saturated rings. The molecule has 0 saturated carbocycles. The number of aryl methyl sites for hydroxylation is 1. The second-order valence-electron chi connectivity index (χ2n) is 4.70. The molecular formula is C14H17ClFN3O. The minimum absolute atomic E-state index is 0.0876. The average molecular weight is 298 g/mol. The van der Waals surface area contributed by atoms with Gasteiger partial charge in [-0.15, -0.1) is 0 Å². The number of imidazole rings is 1. The average Bonchev–Trinajstić information content (AvgIpc) is 2.69. The lowest BCUT2D eigenvalue weighted by Gasteiger charge is -2.15. The van der Waals surface area contributed by atoms with Crippen molar-refractivity contribution in [3.05, 3.63) is 40.9 Å². The predicted molar refractivity (Wildman–Crippen MR) is 78.2 cm³/mol. The highest BCUT2D eigenvalue weighted by atomic mass is 35.5. The van der Waals surface area contributed by atoms with Crippen LogP contribution in [-0.2, 0) is 4.74 Å². The standard InChI is InChI=1S/C14H17ClFN3O/c1-9-7-19(13-5-11(15)4-12(16)6-13)14(17-9)18-10(2)8-20-3/h4-7,10H,8H2,1-3H3,(H,17,18). The first-order chi connectivity index (χ1) is 9.49. The lowest BCUT2D eigenvalue weighted by molar-refractivity contribution is 0.190. The third-order valence-electron chi connectivity index (χ3n) is 2.74. The van der Waals surface area contributed by atoms with Gasteiger partial charge in [-0.05, 0) is 32.0 Å². The van der Waals surface area contributed by atoms with Crippen LogP contribution in [0.15, 0.2) is 24.4 Å². The van der Waals surface area contributed by atoms with Crippen LogP contribution in [0, 0.1) is 12.7 Å². The molecule has 108 valence electrons. The number of nitrogens with one attached hydrogen (secondary N) is 1. The molecule has 1 N–H and O–H groups in total. The Hall–Kier alpha value is -1.59. The number of hydrogen-bond donors (Lipinski definition) is 1. The van der Waals surface area contributed by atoms with Crippen molar-refractivity contribution in [2.75, 3.05) is 19.0 Å². The molecule has 1 aromatic carbocycles. The van der Waals surface area contributed by atoms with Crippen LogP contribution in [0.5, 0.6) is 0 Å². The molecule has 0 radical (unpaired) electrons. The van der Waals surface area contributed by atoms with Crippen molar-refractivity contribution in [1.82, 2.24) is 9.55 Å². The van der Waals surface area contributed by atoms with E-state index in [2.05, 4.69) is 10.3 Å². The maximum Gasteiger partial charge on any atom is 0.208 e. The normalized spacial score (nSPS) is 12.4. The molecule has 20 heavy (non-hydrogen) atoms. The van der Waals surface area contributed by atoms with Gasteiger partial charge >= 0.3 is 0 Å². The monoisotopic (exact) mass is 297 g/mol. The highest BCUT2D eigenvalue weighted by molar-refractivity contribution is 6.30. The molecule has 1 aromatic heterocycles. The van der Waals surface area contributed by atoms with Crippen molar-refractivity contribution in [2.45, 2.75) is 19.9 Å². The largest absolute Gasteiger partial charge is 0.383 e. The van der Waals surface area contributed by atoms with Crippen molar-refractivity contribution in [3.8, 4) is 5.69 Å². The van der Waals surface area contributed by atoms with Crippen molar-refractivity contribution in [1.29, 1.82) is 0 Å². The van der Waals surface area contributed by atoms with Gasteiger partial charge in [0.05, 0.1) is 18.0 Å². The van der Waals surface area contributed by atoms with Crippen molar-refractivity contribution < 1.29 is 9.13 Å². The van der Waals surface area contributed by atoms with Gasteiger partial charge in [-0.1, -0.05) is 11.6 Å². The number of rotatable bonds is 5. The Morgan fingerprint density at radius 1 is 1.45 bits per heavy atom. The predicted octanol–water partition coefficient (Wildman–Crippen LogP) is 3.42. The number of benzene rings is 1. The second kappa shape index (κ2) is 6.24. The van der Waals surface area contributed by atoms with Crippen LogP contribution in [0.1, 0.15) is 12.6 Å². The fourth-order valence-electron chi connectivity index (χ4n) is 1.99. The number of methoxy groups -OCH3 is 1. The van der Waals surface area contributed by atoms with E-state index in [1.54, 1.807) is 17.7 Å². The zero-order chi connectivity index (χ0) is 14.7. The van der Waals surface area contributed by atoms with Crippen molar-refractivity contribution >= 4 is 17.5 Å². The van der Waals surface area contributed by atoms with Crippen LogP contribution in [0.2, 0.25) is 5.02 Å². The third-order valence-corrected chi connectivity index (χ3v) is 2.96. The lowest BCUT2D eigenvalue weighted by Crippen LogP contribution is -2.22. The highest BCUT2D eigenvalue weighted by Gasteiger charge is 2.11. The third kappa shape index (κ3) is 3.49. The van der Waals surface area contributed by atoms with E-state index < -0.39 is 0 Å². The Morgan fingerprint density at radius 3 is 2.85 bits per heavy atom. The van der Waals surface area contributed by atoms with E-state index in [9.17, 15) is 4.39 Å². The van der Waals surface area contributed by atoms with Crippen LogP contribution in [0.3, 0.4) is 0 Å². The molecule has 1 atom stereocenters. The van der Waals surface area contributed by atoms with E-state index in [1.807, 2.05) is 20.0 Å². The smallest absolute Gasteiger partial charge is 0.208 e. The van der Waals surface area contributed by atoms with Crippen LogP contribution in [-0.4, -0.2) is 29.3 Å². The van der Waals surface area contributed by atoms with Gasteiger partial charge in [-0.3, -0.25) is 4.57 Å². The number of hydrogen-bond acceptors (Lipinski definition) is 3. The molecule has 2 aromatic rings. The van der Waals surface area contributed by atoms with Gasteiger partial charge in [0.15, 0.2) is 0 Å². The summed E-state index contributed by atoms with van der Waals surface area (Å²) >= 11 is 5.90. The van der Waals surface area contributed by atoms with Gasteiger partial charge in [-0.2, -0.15) is 0 Å². The zero-order valence-electron chi connectivity index (χ0n) is 11.7. The summed E-state index contributed by atoms with van der Waals surface area (Å²) in [7, 11) is 1.64. The fourth-order valence-corrected chi connectivity index (χ4v) is 2.20. The quantitative estimate of drug-likeness (QED) is 0.919. The van der Waals surface area contributed by atoms with Gasteiger partial charge in [-0.25, -0.2) is 9.37 Å². The number of aromatic nitrogens is 2. The molecule has 0 spiro atoms. The van der Waals surface area contributed by atoms with Crippen molar-refractivity contribution in [2.24, 2.45) is 0 Å². The number of anilines is 1. The van der Waals surface area contributed by atoms with E-state index in [0.717, 1.165) is 5.69 Å². The molecule has 0 bridgehead atoms. The molecule has 0 aliphatic carbocycles. The Morgan fingerprint density at radius 2 is 2.20 bits per heavy atom. The SMILES string of the molecule is COCC(C)Nc1nc(C)cn1-c1cc(F)cc(Cl)c1. The topological polar surface area (TPSA) is 39.1 Å². The van der Waals surface area contributed by atoms with Crippen LogP contribution in [0.4, 0.5) is 10.3 Å². The molecule has 6 heteroatoms. The van der Waals surface area contributed by atoms with E-state index in [-0.39, 0.29) is 11.9 Å². The summed E-state index contributed by atoms with van der Waals surface area (Å²) in [4.78, 5) is 4.40. The maximum atomic E-state index is 13.5. The second-order valence-corrected chi connectivity index (χ2v) is 5.14. The first kappa shape index (κ1) is 14.8. The minimum atomic E-state index is -0.380. The lowest BCUT2D eigenvalue weighted by atomic mass is 10.3. The summed E-state index contributed by atoms with van der Waals surface area (Å²) < 4.78 is 20.3. The Kier molecular flexibility index (Phi) is 4.62. The van der Waals surface area contributed by atoms with Gasteiger partial charge in [0.25, 0.3) is 0 Å². The molecule has 4 nitrogen and oxygen atoms in total. The molecule has 2 rings (SSSR count). The molecule has 1 heterocycles. The molecule has 0 aliphatic heterocycles.